The van der Waals surface area contributed by atoms with Gasteiger partial charge in [0.05, 0.1) is 36.4 Å². The standard InChI is InChI=1S/C24H25FN10O3/c1-26-23(36)20-16(9-18(31-32-20)30-19-10-17(35(4)33-19)24(37)34(2)3)29-15-8-6-7-14(21(15)38-5)22-27-11-13(25)12-28-22/h6-12H,1-5H3,(H,26,36)(H2,29,30,31,33). The molecule has 3 N–H and O–H groups in total. The number of rotatable bonds is 8. The highest BCUT2D eigenvalue weighted by molar-refractivity contribution is 5.99. The number of methoxy groups -OCH3 is 1. The van der Waals surface area contributed by atoms with Crippen LogP contribution in [-0.2, 0) is 7.05 Å². The lowest BCUT2D eigenvalue weighted by molar-refractivity contribution is 0.0816. The van der Waals surface area contributed by atoms with Crippen LogP contribution in [0.1, 0.15) is 21.0 Å². The van der Waals surface area contributed by atoms with Crippen LogP contribution >= 0.6 is 0 Å². The molecule has 0 radical (unpaired) electrons. The molecule has 0 bridgehead atoms. The van der Waals surface area contributed by atoms with Crippen molar-refractivity contribution in [2.75, 3.05) is 38.9 Å². The Balaban J connectivity index is 1.71. The van der Waals surface area contributed by atoms with Gasteiger partial charge in [0.15, 0.2) is 34.7 Å². The largest absolute Gasteiger partial charge is 0.494 e. The molecule has 0 saturated heterocycles. The SMILES string of the molecule is CNC(=O)c1nnc(Nc2cc(C(=O)N(C)C)n(C)n2)cc1Nc1cccc(-c2ncc(F)cn2)c1OC. The second kappa shape index (κ2) is 10.9. The Morgan fingerprint density at radius 3 is 2.42 bits per heavy atom. The second-order valence-electron chi connectivity index (χ2n) is 8.17. The third-order valence-corrected chi connectivity index (χ3v) is 5.35. The Labute approximate surface area is 217 Å². The monoisotopic (exact) mass is 520 g/mol. The number of benzene rings is 1. The highest BCUT2D eigenvalue weighted by Gasteiger charge is 2.20. The van der Waals surface area contributed by atoms with Gasteiger partial charge in [-0.25, -0.2) is 14.4 Å². The summed E-state index contributed by atoms with van der Waals surface area (Å²) in [4.78, 5) is 34.4. The number of aryl methyl sites for hydroxylation is 1. The number of para-hydroxylation sites is 1. The van der Waals surface area contributed by atoms with Gasteiger partial charge in [0, 0.05) is 40.3 Å². The smallest absolute Gasteiger partial charge is 0.273 e. The molecule has 0 saturated carbocycles. The van der Waals surface area contributed by atoms with Crippen LogP contribution in [0, 0.1) is 5.82 Å². The van der Waals surface area contributed by atoms with Crippen LogP contribution in [0.4, 0.5) is 27.4 Å². The number of ether oxygens (including phenoxy) is 1. The summed E-state index contributed by atoms with van der Waals surface area (Å²) < 4.78 is 20.4. The minimum Gasteiger partial charge on any atom is -0.494 e. The first kappa shape index (κ1) is 25.9. The van der Waals surface area contributed by atoms with Crippen LogP contribution in [0.3, 0.4) is 0 Å². The summed E-state index contributed by atoms with van der Waals surface area (Å²) in [7, 11) is 7.89. The van der Waals surface area contributed by atoms with E-state index in [1.54, 1.807) is 51.5 Å². The molecule has 196 valence electrons. The summed E-state index contributed by atoms with van der Waals surface area (Å²) in [5.41, 5.74) is 1.67. The summed E-state index contributed by atoms with van der Waals surface area (Å²) in [5.74, 6) is -0.00509. The number of aromatic nitrogens is 6. The van der Waals surface area contributed by atoms with Crippen LogP contribution < -0.4 is 20.7 Å². The van der Waals surface area contributed by atoms with Gasteiger partial charge >= 0.3 is 0 Å². The predicted octanol–water partition coefficient (Wildman–Crippen LogP) is 2.36. The van der Waals surface area contributed by atoms with Crippen LogP contribution in [0.25, 0.3) is 11.4 Å². The van der Waals surface area contributed by atoms with E-state index in [1.807, 2.05) is 0 Å². The number of anilines is 4. The molecule has 4 rings (SSSR count). The first-order chi connectivity index (χ1) is 18.2. The summed E-state index contributed by atoms with van der Waals surface area (Å²) in [6.45, 7) is 0. The Hall–Kier alpha value is -5.14. The van der Waals surface area contributed by atoms with Crippen LogP contribution in [0.15, 0.2) is 42.7 Å². The minimum atomic E-state index is -0.564. The average Bonchev–Trinajstić information content (AvgIpc) is 3.27. The number of amides is 2. The maximum atomic E-state index is 13.3. The van der Waals surface area contributed by atoms with E-state index in [4.69, 9.17) is 4.74 Å². The zero-order valence-corrected chi connectivity index (χ0v) is 21.3. The van der Waals surface area contributed by atoms with Gasteiger partial charge < -0.3 is 25.6 Å². The van der Waals surface area contributed by atoms with Gasteiger partial charge in [-0.3, -0.25) is 14.3 Å². The lowest BCUT2D eigenvalue weighted by atomic mass is 10.1. The predicted molar refractivity (Wildman–Crippen MR) is 137 cm³/mol. The second-order valence-corrected chi connectivity index (χ2v) is 8.17. The van der Waals surface area contributed by atoms with Gasteiger partial charge in [-0.2, -0.15) is 5.10 Å². The number of nitrogens with zero attached hydrogens (tertiary/aromatic N) is 7. The van der Waals surface area contributed by atoms with Gasteiger partial charge in [-0.05, 0) is 12.1 Å². The molecule has 14 heteroatoms. The van der Waals surface area contributed by atoms with Crippen molar-refractivity contribution in [3.8, 4) is 17.1 Å². The molecule has 0 atom stereocenters. The zero-order valence-electron chi connectivity index (χ0n) is 21.3. The Bertz CT molecular complexity index is 1490. The number of carbonyl (C=O) groups excluding carboxylic acids is 2. The van der Waals surface area contributed by atoms with E-state index < -0.39 is 11.7 Å². The molecule has 38 heavy (non-hydrogen) atoms. The molecule has 0 aliphatic heterocycles. The van der Waals surface area contributed by atoms with E-state index >= 15 is 0 Å². The van der Waals surface area contributed by atoms with Crippen molar-refractivity contribution in [2.45, 2.75) is 0 Å². The van der Waals surface area contributed by atoms with Gasteiger partial charge in [0.1, 0.15) is 5.69 Å². The highest BCUT2D eigenvalue weighted by atomic mass is 19.1. The van der Waals surface area contributed by atoms with Crippen LogP contribution in [0.5, 0.6) is 5.75 Å². The lowest BCUT2D eigenvalue weighted by Gasteiger charge is -2.16. The number of hydrogen-bond donors (Lipinski definition) is 3. The van der Waals surface area contributed by atoms with Crippen molar-refractivity contribution in [3.05, 3.63) is 59.9 Å². The maximum absolute atomic E-state index is 13.3. The van der Waals surface area contributed by atoms with Crippen molar-refractivity contribution in [3.63, 3.8) is 0 Å². The molecule has 0 spiro atoms. The summed E-state index contributed by atoms with van der Waals surface area (Å²) in [5, 5.41) is 21.2. The first-order valence-corrected chi connectivity index (χ1v) is 11.3. The quantitative estimate of drug-likeness (QED) is 0.316. The number of hydrogen-bond acceptors (Lipinski definition) is 10. The normalized spacial score (nSPS) is 10.6. The fourth-order valence-electron chi connectivity index (χ4n) is 3.55. The van der Waals surface area contributed by atoms with E-state index in [9.17, 15) is 14.0 Å². The fraction of sp³-hybridized carbons (Fsp3) is 0.208. The molecule has 2 amide bonds. The third kappa shape index (κ3) is 5.33. The van der Waals surface area contributed by atoms with Crippen molar-refractivity contribution >= 4 is 34.8 Å². The minimum absolute atomic E-state index is 0.0213. The molecule has 1 aromatic carbocycles. The molecule has 13 nitrogen and oxygen atoms in total. The van der Waals surface area contributed by atoms with Gasteiger partial charge in [-0.15, -0.1) is 10.2 Å². The van der Waals surface area contributed by atoms with Gasteiger partial charge in [0.25, 0.3) is 11.8 Å². The molecule has 4 aromatic rings. The van der Waals surface area contributed by atoms with E-state index in [0.29, 0.717) is 34.2 Å². The van der Waals surface area contributed by atoms with Crippen LogP contribution in [-0.4, -0.2) is 74.9 Å². The molecular weight excluding hydrogens is 495 g/mol. The number of nitrogens with one attached hydrogen (secondary N) is 3. The van der Waals surface area contributed by atoms with E-state index in [-0.39, 0.29) is 23.2 Å². The topological polar surface area (TPSA) is 152 Å². The van der Waals surface area contributed by atoms with Gasteiger partial charge in [-0.1, -0.05) is 6.07 Å². The van der Waals surface area contributed by atoms with Crippen molar-refractivity contribution in [1.29, 1.82) is 0 Å². The Morgan fingerprint density at radius 2 is 1.76 bits per heavy atom. The molecular formula is C24H25FN10O3. The van der Waals surface area contributed by atoms with Crippen molar-refractivity contribution in [1.82, 2.24) is 40.2 Å². The molecule has 0 fully saturated rings. The molecule has 0 aliphatic rings. The van der Waals surface area contributed by atoms with Crippen molar-refractivity contribution < 1.29 is 18.7 Å². The zero-order chi connectivity index (χ0) is 27.4. The maximum Gasteiger partial charge on any atom is 0.273 e. The molecule has 0 aliphatic carbocycles. The molecule has 0 unspecified atom stereocenters. The highest BCUT2D eigenvalue weighted by Crippen LogP contribution is 2.37. The molecule has 3 aromatic heterocycles. The van der Waals surface area contributed by atoms with Crippen molar-refractivity contribution in [2.24, 2.45) is 7.05 Å². The third-order valence-electron chi connectivity index (χ3n) is 5.35. The molecule has 3 heterocycles. The van der Waals surface area contributed by atoms with E-state index in [2.05, 4.69) is 41.2 Å². The van der Waals surface area contributed by atoms with Gasteiger partial charge in [0.2, 0.25) is 0 Å². The lowest BCUT2D eigenvalue weighted by Crippen LogP contribution is -2.24. The number of halogens is 1. The Kier molecular flexibility index (Phi) is 7.41. The summed E-state index contributed by atoms with van der Waals surface area (Å²) in [6.07, 6.45) is 2.12. The average molecular weight is 521 g/mol. The first-order valence-electron chi connectivity index (χ1n) is 11.3. The van der Waals surface area contributed by atoms with E-state index in [1.165, 1.54) is 23.7 Å². The number of carbonyl (C=O) groups is 2. The Morgan fingerprint density at radius 1 is 1.03 bits per heavy atom. The van der Waals surface area contributed by atoms with Crippen LogP contribution in [0.2, 0.25) is 0 Å². The summed E-state index contributed by atoms with van der Waals surface area (Å²) in [6, 6.07) is 8.34. The van der Waals surface area contributed by atoms with E-state index in [0.717, 1.165) is 12.4 Å². The summed E-state index contributed by atoms with van der Waals surface area (Å²) >= 11 is 0. The fourth-order valence-corrected chi connectivity index (χ4v) is 3.55.